The van der Waals surface area contributed by atoms with Crippen LogP contribution in [-0.4, -0.2) is 44.4 Å². The highest BCUT2D eigenvalue weighted by atomic mass is 32.2. The van der Waals surface area contributed by atoms with Crippen molar-refractivity contribution in [3.63, 3.8) is 0 Å². The molecule has 1 N–H and O–H groups in total. The lowest BCUT2D eigenvalue weighted by atomic mass is 10.1. The van der Waals surface area contributed by atoms with Crippen molar-refractivity contribution in [1.82, 2.24) is 20.1 Å². The van der Waals surface area contributed by atoms with Gasteiger partial charge in [-0.05, 0) is 26.0 Å². The second-order valence-corrected chi connectivity index (χ2v) is 7.85. The molecule has 1 fully saturated rings. The summed E-state index contributed by atoms with van der Waals surface area (Å²) in [7, 11) is 0. The van der Waals surface area contributed by atoms with E-state index in [9.17, 15) is 4.79 Å². The van der Waals surface area contributed by atoms with Crippen LogP contribution in [-0.2, 0) is 4.79 Å². The number of rotatable bonds is 2. The number of amides is 1. The van der Waals surface area contributed by atoms with Gasteiger partial charge in [0.1, 0.15) is 19.5 Å². The van der Waals surface area contributed by atoms with E-state index in [0.29, 0.717) is 24.8 Å². The van der Waals surface area contributed by atoms with Gasteiger partial charge in [-0.3, -0.25) is 4.79 Å². The number of carbonyl (C=O) groups is 1. The molecule has 2 aromatic rings. The summed E-state index contributed by atoms with van der Waals surface area (Å²) in [6, 6.07) is 5.49. The van der Waals surface area contributed by atoms with Crippen LogP contribution in [0.5, 0.6) is 11.5 Å². The second-order valence-electron chi connectivity index (χ2n) is 6.21. The first-order valence-electron chi connectivity index (χ1n) is 7.79. The Hall–Kier alpha value is -2.22. The van der Waals surface area contributed by atoms with Crippen LogP contribution in [0, 0.1) is 0 Å². The number of aromatic nitrogens is 3. The smallest absolute Gasteiger partial charge is 0.236 e. The van der Waals surface area contributed by atoms with E-state index in [1.165, 1.54) is 6.33 Å². The molecular formula is C16H18N4O3S. The molecule has 0 bridgehead atoms. The fourth-order valence-corrected chi connectivity index (χ4v) is 3.73. The standard InChI is InChI=1S/C16H18N4O3S/c1-16(2)15(21)19-11(8-24-16)14-17-9-18-20(14)10-3-4-12-13(7-10)23-6-5-22-12/h3-4,7,9,11H,5-6,8H2,1-2H3,(H,19,21)/t11-/m1/s1. The van der Waals surface area contributed by atoms with Crippen molar-refractivity contribution in [2.75, 3.05) is 19.0 Å². The lowest BCUT2D eigenvalue weighted by Crippen LogP contribution is -2.47. The molecule has 0 aliphatic carbocycles. The molecule has 0 unspecified atom stereocenters. The molecule has 2 aliphatic heterocycles. The molecule has 4 rings (SSSR count). The Morgan fingerprint density at radius 1 is 1.29 bits per heavy atom. The SMILES string of the molecule is CC1(C)SC[C@H](c2ncnn2-c2ccc3c(c2)OCCO3)NC1=O. The minimum atomic E-state index is -0.418. The maximum absolute atomic E-state index is 12.2. The normalized spacial score (nSPS) is 22.1. The Balaban J connectivity index is 1.65. The summed E-state index contributed by atoms with van der Waals surface area (Å²) in [4.78, 5) is 16.6. The van der Waals surface area contributed by atoms with E-state index in [1.54, 1.807) is 16.4 Å². The topological polar surface area (TPSA) is 78.3 Å². The van der Waals surface area contributed by atoms with Crippen molar-refractivity contribution >= 4 is 17.7 Å². The first-order chi connectivity index (χ1) is 11.5. The summed E-state index contributed by atoms with van der Waals surface area (Å²) in [5.41, 5.74) is 0.829. The molecule has 1 aromatic carbocycles. The monoisotopic (exact) mass is 346 g/mol. The molecule has 1 amide bonds. The quantitative estimate of drug-likeness (QED) is 0.892. The van der Waals surface area contributed by atoms with Crippen LogP contribution >= 0.6 is 11.8 Å². The van der Waals surface area contributed by atoms with Gasteiger partial charge in [0.05, 0.1) is 16.5 Å². The van der Waals surface area contributed by atoms with Crippen molar-refractivity contribution in [1.29, 1.82) is 0 Å². The van der Waals surface area contributed by atoms with E-state index >= 15 is 0 Å². The van der Waals surface area contributed by atoms with Gasteiger partial charge in [0.25, 0.3) is 0 Å². The first-order valence-corrected chi connectivity index (χ1v) is 8.78. The maximum Gasteiger partial charge on any atom is 0.236 e. The van der Waals surface area contributed by atoms with Crippen molar-refractivity contribution < 1.29 is 14.3 Å². The first kappa shape index (κ1) is 15.3. The summed E-state index contributed by atoms with van der Waals surface area (Å²) in [6.45, 7) is 4.94. The van der Waals surface area contributed by atoms with Crippen LogP contribution in [0.3, 0.4) is 0 Å². The predicted molar refractivity (Wildman–Crippen MR) is 89.8 cm³/mol. The molecule has 1 aromatic heterocycles. The van der Waals surface area contributed by atoms with Crippen LogP contribution in [0.2, 0.25) is 0 Å². The van der Waals surface area contributed by atoms with Gasteiger partial charge in [-0.15, -0.1) is 11.8 Å². The van der Waals surface area contributed by atoms with E-state index in [-0.39, 0.29) is 11.9 Å². The van der Waals surface area contributed by atoms with E-state index in [0.717, 1.165) is 17.2 Å². The van der Waals surface area contributed by atoms with Gasteiger partial charge in [-0.1, -0.05) is 0 Å². The van der Waals surface area contributed by atoms with Gasteiger partial charge >= 0.3 is 0 Å². The number of hydrogen-bond donors (Lipinski definition) is 1. The molecule has 1 saturated heterocycles. The Morgan fingerprint density at radius 2 is 2.08 bits per heavy atom. The van der Waals surface area contributed by atoms with Crippen LogP contribution in [0.15, 0.2) is 24.5 Å². The van der Waals surface area contributed by atoms with Gasteiger partial charge in [0.15, 0.2) is 17.3 Å². The molecule has 0 radical (unpaired) electrons. The lowest BCUT2D eigenvalue weighted by Gasteiger charge is -2.33. The number of carbonyl (C=O) groups excluding carboxylic acids is 1. The van der Waals surface area contributed by atoms with Gasteiger partial charge in [-0.25, -0.2) is 9.67 Å². The average Bonchev–Trinajstić information content (AvgIpc) is 3.06. The van der Waals surface area contributed by atoms with Crippen LogP contribution < -0.4 is 14.8 Å². The highest BCUT2D eigenvalue weighted by Crippen LogP contribution is 2.35. The molecular weight excluding hydrogens is 328 g/mol. The van der Waals surface area contributed by atoms with Gasteiger partial charge < -0.3 is 14.8 Å². The molecule has 126 valence electrons. The van der Waals surface area contributed by atoms with E-state index in [4.69, 9.17) is 9.47 Å². The second kappa shape index (κ2) is 5.70. The molecule has 0 saturated carbocycles. The summed E-state index contributed by atoms with van der Waals surface area (Å²) in [5.74, 6) is 2.91. The van der Waals surface area contributed by atoms with Crippen LogP contribution in [0.1, 0.15) is 25.7 Å². The largest absolute Gasteiger partial charge is 0.486 e. The summed E-state index contributed by atoms with van der Waals surface area (Å²) in [6.07, 6.45) is 1.50. The van der Waals surface area contributed by atoms with E-state index < -0.39 is 4.75 Å². The third-order valence-corrected chi connectivity index (χ3v) is 5.53. The maximum atomic E-state index is 12.2. The molecule has 8 heteroatoms. The number of fused-ring (bicyclic) bond motifs is 1. The molecule has 7 nitrogen and oxygen atoms in total. The molecule has 2 aliphatic rings. The molecule has 24 heavy (non-hydrogen) atoms. The average molecular weight is 346 g/mol. The van der Waals surface area contributed by atoms with Crippen molar-refractivity contribution in [2.24, 2.45) is 0 Å². The molecule has 0 spiro atoms. The minimum Gasteiger partial charge on any atom is -0.486 e. The number of hydrogen-bond acceptors (Lipinski definition) is 6. The van der Waals surface area contributed by atoms with Crippen LogP contribution in [0.4, 0.5) is 0 Å². The number of thioether (sulfide) groups is 1. The van der Waals surface area contributed by atoms with Crippen molar-refractivity contribution in [2.45, 2.75) is 24.6 Å². The van der Waals surface area contributed by atoms with Crippen molar-refractivity contribution in [3.05, 3.63) is 30.4 Å². The highest BCUT2D eigenvalue weighted by molar-refractivity contribution is 8.01. The van der Waals surface area contributed by atoms with Gasteiger partial charge in [0.2, 0.25) is 5.91 Å². The summed E-state index contributed by atoms with van der Waals surface area (Å²) in [5, 5.41) is 7.36. The fraction of sp³-hybridized carbons (Fsp3) is 0.438. The van der Waals surface area contributed by atoms with E-state index in [2.05, 4.69) is 15.4 Å². The zero-order chi connectivity index (χ0) is 16.7. The number of nitrogens with zero attached hydrogens (tertiary/aromatic N) is 3. The highest BCUT2D eigenvalue weighted by Gasteiger charge is 2.37. The zero-order valence-corrected chi connectivity index (χ0v) is 14.3. The Morgan fingerprint density at radius 3 is 2.88 bits per heavy atom. The fourth-order valence-electron chi connectivity index (χ4n) is 2.72. The Labute approximate surface area is 143 Å². The van der Waals surface area contributed by atoms with Crippen molar-refractivity contribution in [3.8, 4) is 17.2 Å². The number of nitrogens with one attached hydrogen (secondary N) is 1. The van der Waals surface area contributed by atoms with Gasteiger partial charge in [-0.2, -0.15) is 5.10 Å². The summed E-state index contributed by atoms with van der Waals surface area (Å²) < 4.78 is 12.5. The molecule has 3 heterocycles. The van der Waals surface area contributed by atoms with Gasteiger partial charge in [0, 0.05) is 11.8 Å². The number of ether oxygens (including phenoxy) is 2. The third-order valence-electron chi connectivity index (χ3n) is 4.12. The molecule has 1 atom stereocenters. The zero-order valence-electron chi connectivity index (χ0n) is 13.5. The Kier molecular flexibility index (Phi) is 3.64. The third kappa shape index (κ3) is 2.60. The number of benzene rings is 1. The Bertz CT molecular complexity index is 789. The van der Waals surface area contributed by atoms with E-state index in [1.807, 2.05) is 32.0 Å². The lowest BCUT2D eigenvalue weighted by molar-refractivity contribution is -0.123. The minimum absolute atomic E-state index is 0.0143. The van der Waals surface area contributed by atoms with Crippen LogP contribution in [0.25, 0.3) is 5.69 Å². The summed E-state index contributed by atoms with van der Waals surface area (Å²) >= 11 is 1.62. The predicted octanol–water partition coefficient (Wildman–Crippen LogP) is 1.72.